The van der Waals surface area contributed by atoms with Gasteiger partial charge < -0.3 is 10.2 Å². The lowest BCUT2D eigenvalue weighted by Crippen LogP contribution is -2.44. The van der Waals surface area contributed by atoms with Gasteiger partial charge in [0.1, 0.15) is 0 Å². The van der Waals surface area contributed by atoms with Crippen LogP contribution in [0.1, 0.15) is 56.8 Å². The molecule has 4 aromatic rings. The molecular weight excluding hydrogens is 675 g/mol. The van der Waals surface area contributed by atoms with E-state index in [0.717, 1.165) is 14.7 Å². The first kappa shape index (κ1) is 31.9. The third-order valence-electron chi connectivity index (χ3n) is 8.38. The second-order valence-electron chi connectivity index (χ2n) is 10.9. The summed E-state index contributed by atoms with van der Waals surface area (Å²) in [5.41, 5.74) is 7.71. The van der Waals surface area contributed by atoms with Crippen LogP contribution in [0.25, 0.3) is 0 Å². The first-order chi connectivity index (χ1) is 21.6. The Bertz CT molecular complexity index is 1890. The van der Waals surface area contributed by atoms with Crippen molar-refractivity contribution < 1.29 is 19.8 Å². The fourth-order valence-corrected chi connectivity index (χ4v) is 6.37. The maximum Gasteiger partial charge on any atom is 0.257 e. The van der Waals surface area contributed by atoms with Crippen molar-refractivity contribution in [3.05, 3.63) is 176 Å². The van der Waals surface area contributed by atoms with Crippen LogP contribution in [0.5, 0.6) is 0 Å². The number of halogens is 1. The minimum atomic E-state index is -1.51. The van der Waals surface area contributed by atoms with E-state index < -0.39 is 11.4 Å². The predicted molar refractivity (Wildman–Crippen MR) is 183 cm³/mol. The topological polar surface area (TPSA) is 81.1 Å². The SMILES string of the molecule is C=C=C(C)C1(O)c2ccccc2C(=O)N1Cc1ccccc1.C=C=C(C)C1(O)c2ccccc2C(=O)N1Cc1ccccc1I. The summed E-state index contributed by atoms with van der Waals surface area (Å²) in [6.45, 7) is 11.4. The summed E-state index contributed by atoms with van der Waals surface area (Å²) in [5, 5.41) is 22.6. The van der Waals surface area contributed by atoms with Crippen molar-refractivity contribution >= 4 is 34.4 Å². The second-order valence-corrected chi connectivity index (χ2v) is 12.1. The monoisotopic (exact) mass is 708 g/mol. The highest BCUT2D eigenvalue weighted by Gasteiger charge is 2.50. The minimum Gasteiger partial charge on any atom is -0.363 e. The van der Waals surface area contributed by atoms with Crippen LogP contribution >= 0.6 is 22.6 Å². The molecule has 2 aliphatic rings. The molecule has 0 radical (unpaired) electrons. The predicted octanol–water partition coefficient (Wildman–Crippen LogP) is 7.04. The summed E-state index contributed by atoms with van der Waals surface area (Å²) >= 11 is 2.24. The third kappa shape index (κ3) is 5.50. The van der Waals surface area contributed by atoms with Gasteiger partial charge in [-0.3, -0.25) is 19.4 Å². The first-order valence-electron chi connectivity index (χ1n) is 14.4. The highest BCUT2D eigenvalue weighted by atomic mass is 127. The molecule has 45 heavy (non-hydrogen) atoms. The number of fused-ring (bicyclic) bond motifs is 2. The zero-order valence-corrected chi connectivity index (χ0v) is 27.3. The van der Waals surface area contributed by atoms with Crippen molar-refractivity contribution in [2.24, 2.45) is 0 Å². The van der Waals surface area contributed by atoms with Crippen molar-refractivity contribution in [3.63, 3.8) is 0 Å². The fourth-order valence-electron chi connectivity index (χ4n) is 5.81. The molecule has 0 fully saturated rings. The number of hydrogen-bond acceptors (Lipinski definition) is 4. The lowest BCUT2D eigenvalue weighted by Gasteiger charge is -2.34. The lowest BCUT2D eigenvalue weighted by atomic mass is 9.95. The first-order valence-corrected chi connectivity index (χ1v) is 15.5. The van der Waals surface area contributed by atoms with Gasteiger partial charge in [-0.2, -0.15) is 0 Å². The Morgan fingerprint density at radius 2 is 1.09 bits per heavy atom. The second kappa shape index (κ2) is 12.9. The highest BCUT2D eigenvalue weighted by Crippen LogP contribution is 2.44. The van der Waals surface area contributed by atoms with Gasteiger partial charge in [-0.05, 0) is 65.8 Å². The summed E-state index contributed by atoms with van der Waals surface area (Å²) in [5.74, 6) is -0.367. The van der Waals surface area contributed by atoms with Crippen molar-refractivity contribution in [3.8, 4) is 0 Å². The number of amides is 2. The molecule has 226 valence electrons. The average Bonchev–Trinajstić information content (AvgIpc) is 3.43. The molecule has 0 saturated heterocycles. The Balaban J connectivity index is 0.000000178. The zero-order valence-electron chi connectivity index (χ0n) is 25.1. The Labute approximate surface area is 277 Å². The number of nitrogens with zero attached hydrogens (tertiary/aromatic N) is 2. The molecule has 0 aromatic heterocycles. The fraction of sp³-hybridized carbons (Fsp3) is 0.158. The maximum absolute atomic E-state index is 12.9. The van der Waals surface area contributed by atoms with E-state index in [4.69, 9.17) is 0 Å². The molecule has 7 heteroatoms. The van der Waals surface area contributed by atoms with Gasteiger partial charge in [0.15, 0.2) is 11.4 Å². The molecule has 2 heterocycles. The quantitative estimate of drug-likeness (QED) is 0.166. The standard InChI is InChI=1S/C19H16INO2.C19H17NO2/c1-3-13(2)19(23)16-10-6-5-9-15(16)18(22)21(19)12-14-8-4-7-11-17(14)20;1-3-14(2)19(22)17-12-8-7-11-16(17)18(21)20(19)13-15-9-5-4-6-10-15/h4-11,23H,1,12H2,2H3;4-12,22H,1,13H2,2H3. The third-order valence-corrected chi connectivity index (χ3v) is 9.44. The van der Waals surface area contributed by atoms with Gasteiger partial charge >= 0.3 is 0 Å². The van der Waals surface area contributed by atoms with Crippen LogP contribution in [0.2, 0.25) is 0 Å². The van der Waals surface area contributed by atoms with Crippen LogP contribution in [0.4, 0.5) is 0 Å². The number of rotatable bonds is 6. The Morgan fingerprint density at radius 1 is 0.667 bits per heavy atom. The maximum atomic E-state index is 12.9. The van der Waals surface area contributed by atoms with E-state index in [9.17, 15) is 19.8 Å². The summed E-state index contributed by atoms with van der Waals surface area (Å²) in [7, 11) is 0. The van der Waals surface area contributed by atoms with E-state index >= 15 is 0 Å². The number of carbonyl (C=O) groups excluding carboxylic acids is 2. The summed E-state index contributed by atoms with van der Waals surface area (Å²) in [6, 6.07) is 31.7. The molecule has 4 aromatic carbocycles. The largest absolute Gasteiger partial charge is 0.363 e. The van der Waals surface area contributed by atoms with Crippen LogP contribution in [-0.4, -0.2) is 31.8 Å². The highest BCUT2D eigenvalue weighted by molar-refractivity contribution is 14.1. The van der Waals surface area contributed by atoms with Crippen molar-refractivity contribution in [1.29, 1.82) is 0 Å². The Hall–Kier alpha value is -4.49. The van der Waals surface area contributed by atoms with Gasteiger partial charge in [-0.15, -0.1) is 11.5 Å². The van der Waals surface area contributed by atoms with Crippen LogP contribution < -0.4 is 0 Å². The van der Waals surface area contributed by atoms with E-state index in [1.54, 1.807) is 50.2 Å². The normalized spacial score (nSPS) is 19.6. The number of hydrogen-bond donors (Lipinski definition) is 2. The average molecular weight is 709 g/mol. The van der Waals surface area contributed by atoms with Crippen molar-refractivity contribution in [1.82, 2.24) is 9.80 Å². The van der Waals surface area contributed by atoms with Crippen LogP contribution in [0, 0.1) is 3.57 Å². The molecule has 0 aliphatic carbocycles. The van der Waals surface area contributed by atoms with E-state index in [2.05, 4.69) is 47.2 Å². The summed E-state index contributed by atoms with van der Waals surface area (Å²) in [4.78, 5) is 28.6. The van der Waals surface area contributed by atoms with Crippen LogP contribution in [-0.2, 0) is 24.5 Å². The Morgan fingerprint density at radius 3 is 1.58 bits per heavy atom. The van der Waals surface area contributed by atoms with E-state index in [1.807, 2.05) is 66.7 Å². The van der Waals surface area contributed by atoms with Gasteiger partial charge in [0.05, 0.1) is 6.54 Å². The van der Waals surface area contributed by atoms with Gasteiger partial charge in [-0.1, -0.05) is 98.1 Å². The van der Waals surface area contributed by atoms with Crippen molar-refractivity contribution in [2.45, 2.75) is 38.4 Å². The molecular formula is C38H33IN2O4. The molecule has 2 amide bonds. The lowest BCUT2D eigenvalue weighted by molar-refractivity contribution is -0.0579. The van der Waals surface area contributed by atoms with Gasteiger partial charge in [0.25, 0.3) is 11.8 Å². The zero-order chi connectivity index (χ0) is 32.4. The van der Waals surface area contributed by atoms with Crippen molar-refractivity contribution in [2.75, 3.05) is 0 Å². The summed E-state index contributed by atoms with van der Waals surface area (Å²) < 4.78 is 1.05. The van der Waals surface area contributed by atoms with Gasteiger partial charge in [0.2, 0.25) is 0 Å². The van der Waals surface area contributed by atoms with E-state index in [1.165, 1.54) is 9.80 Å². The summed E-state index contributed by atoms with van der Waals surface area (Å²) in [6.07, 6.45) is 0. The smallest absolute Gasteiger partial charge is 0.257 e. The number of benzene rings is 4. The van der Waals surface area contributed by atoms with Crippen LogP contribution in [0.3, 0.4) is 0 Å². The Kier molecular flexibility index (Phi) is 9.12. The molecule has 2 unspecified atom stereocenters. The molecule has 2 N–H and O–H groups in total. The van der Waals surface area contributed by atoms with Gasteiger partial charge in [-0.25, -0.2) is 0 Å². The van der Waals surface area contributed by atoms with E-state index in [0.29, 0.717) is 46.5 Å². The van der Waals surface area contributed by atoms with E-state index in [-0.39, 0.29) is 11.8 Å². The molecule has 0 saturated carbocycles. The number of aliphatic hydroxyl groups is 2. The molecule has 6 rings (SSSR count). The molecule has 0 spiro atoms. The molecule has 2 atom stereocenters. The van der Waals surface area contributed by atoms with Crippen LogP contribution in [0.15, 0.2) is 139 Å². The minimum absolute atomic E-state index is 0.183. The van der Waals surface area contributed by atoms with Gasteiger partial charge in [0, 0.05) is 43.5 Å². The molecule has 0 bridgehead atoms. The number of carbonyl (C=O) groups is 2. The molecule has 6 nitrogen and oxygen atoms in total. The molecule has 2 aliphatic heterocycles.